The molecule has 0 aromatic heterocycles. The monoisotopic (exact) mass is 854 g/mol. The third kappa shape index (κ3) is 45.6. The van der Waals surface area contributed by atoms with E-state index in [1.54, 1.807) is 0 Å². The van der Waals surface area contributed by atoms with E-state index in [4.69, 9.17) is 24.3 Å². The Hall–Kier alpha value is -1.77. The Kier molecular flexibility index (Phi) is 44.4. The maximum Gasteiger partial charge on any atom is 0.472 e. The second-order valence-electron chi connectivity index (χ2n) is 16.3. The predicted molar refractivity (Wildman–Crippen MR) is 247 cm³/mol. The zero-order valence-electron chi connectivity index (χ0n) is 38.2. The minimum Gasteiger partial charge on any atom is -0.462 e. The minimum atomic E-state index is -4.38. The van der Waals surface area contributed by atoms with Gasteiger partial charge in [0.05, 0.1) is 13.2 Å². The number of hydrogen-bond acceptors (Lipinski definition) is 8. The molecule has 0 bridgehead atoms. The van der Waals surface area contributed by atoms with Gasteiger partial charge in [-0.25, -0.2) is 4.57 Å². The Labute approximate surface area is 363 Å². The average molecular weight is 854 g/mol. The molecule has 0 saturated heterocycles. The van der Waals surface area contributed by atoms with Gasteiger partial charge in [-0.1, -0.05) is 211 Å². The number of rotatable bonds is 46. The van der Waals surface area contributed by atoms with Gasteiger partial charge in [0.15, 0.2) is 6.10 Å². The number of nitrogens with two attached hydrogens (primary N) is 1. The number of phosphoric ester groups is 1. The molecule has 346 valence electrons. The Morgan fingerprint density at radius 1 is 0.525 bits per heavy atom. The van der Waals surface area contributed by atoms with Gasteiger partial charge in [-0.2, -0.15) is 0 Å². The molecule has 2 atom stereocenters. The quantitative estimate of drug-likeness (QED) is 0.0265. The maximum absolute atomic E-state index is 12.6. The van der Waals surface area contributed by atoms with Crippen LogP contribution in [0.15, 0.2) is 36.5 Å². The zero-order chi connectivity index (χ0) is 43.2. The Morgan fingerprint density at radius 2 is 0.932 bits per heavy atom. The molecule has 0 rings (SSSR count). The first-order valence-corrected chi connectivity index (χ1v) is 26.0. The van der Waals surface area contributed by atoms with E-state index in [1.165, 1.54) is 135 Å². The fourth-order valence-corrected chi connectivity index (χ4v) is 7.71. The van der Waals surface area contributed by atoms with Gasteiger partial charge in [0.25, 0.3) is 0 Å². The van der Waals surface area contributed by atoms with Crippen molar-refractivity contribution in [1.82, 2.24) is 0 Å². The molecular weight excluding hydrogens is 762 g/mol. The third-order valence-electron chi connectivity index (χ3n) is 10.5. The average Bonchev–Trinajstić information content (AvgIpc) is 3.22. The molecule has 0 spiro atoms. The van der Waals surface area contributed by atoms with Crippen LogP contribution in [-0.2, 0) is 32.7 Å². The first kappa shape index (κ1) is 57.2. The molecule has 0 aromatic carbocycles. The van der Waals surface area contributed by atoms with Crippen molar-refractivity contribution < 1.29 is 37.6 Å². The lowest BCUT2D eigenvalue weighted by atomic mass is 10.0. The fourth-order valence-electron chi connectivity index (χ4n) is 6.94. The van der Waals surface area contributed by atoms with E-state index in [0.29, 0.717) is 6.42 Å². The van der Waals surface area contributed by atoms with Gasteiger partial charge in [0, 0.05) is 19.4 Å². The lowest BCUT2D eigenvalue weighted by Gasteiger charge is -2.19. The predicted octanol–water partition coefficient (Wildman–Crippen LogP) is 14.5. The van der Waals surface area contributed by atoms with Crippen molar-refractivity contribution in [1.29, 1.82) is 0 Å². The first-order chi connectivity index (χ1) is 28.8. The highest BCUT2D eigenvalue weighted by atomic mass is 31.2. The van der Waals surface area contributed by atoms with Crippen LogP contribution in [0.5, 0.6) is 0 Å². The van der Waals surface area contributed by atoms with Crippen molar-refractivity contribution in [3.8, 4) is 0 Å². The summed E-state index contributed by atoms with van der Waals surface area (Å²) < 4.78 is 32.9. The van der Waals surface area contributed by atoms with Crippen LogP contribution in [0.4, 0.5) is 0 Å². The molecule has 0 aromatic rings. The van der Waals surface area contributed by atoms with Gasteiger partial charge in [-0.05, 0) is 44.9 Å². The number of ether oxygens (including phenoxy) is 2. The molecule has 10 heteroatoms. The van der Waals surface area contributed by atoms with E-state index in [0.717, 1.165) is 64.2 Å². The van der Waals surface area contributed by atoms with Crippen LogP contribution in [-0.4, -0.2) is 49.3 Å². The van der Waals surface area contributed by atoms with Crippen molar-refractivity contribution in [2.75, 3.05) is 26.4 Å². The Morgan fingerprint density at radius 3 is 1.39 bits per heavy atom. The molecule has 0 heterocycles. The standard InChI is InChI=1S/C49H92NO8P/c1-3-5-7-9-11-13-15-17-19-21-22-23-24-26-27-29-31-33-35-37-39-41-48(51)55-45-47(46-57-59(53,54)56-44-43-50)58-49(52)42-40-38-36-34-32-30-28-25-20-18-16-14-12-10-8-6-4-2/h6,8,12,14,18,20,47H,3-5,7,9-11,13,15-17,19,21-46,50H2,1-2H3,(H,53,54)/b8-6-,14-12-,20-18-. The summed E-state index contributed by atoms with van der Waals surface area (Å²) in [5, 5.41) is 0. The summed E-state index contributed by atoms with van der Waals surface area (Å²) >= 11 is 0. The fraction of sp³-hybridized carbons (Fsp3) is 0.837. The van der Waals surface area contributed by atoms with Gasteiger partial charge in [-0.3, -0.25) is 18.6 Å². The number of allylic oxidation sites excluding steroid dienone is 6. The van der Waals surface area contributed by atoms with Gasteiger partial charge >= 0.3 is 19.8 Å². The summed E-state index contributed by atoms with van der Waals surface area (Å²) in [5.41, 5.74) is 5.36. The van der Waals surface area contributed by atoms with Crippen LogP contribution >= 0.6 is 7.82 Å². The van der Waals surface area contributed by atoms with Gasteiger partial charge < -0.3 is 20.1 Å². The number of unbranched alkanes of at least 4 members (excludes halogenated alkanes) is 27. The minimum absolute atomic E-state index is 0.0522. The van der Waals surface area contributed by atoms with Crippen molar-refractivity contribution in [3.05, 3.63) is 36.5 Å². The number of carbonyl (C=O) groups is 2. The summed E-state index contributed by atoms with van der Waals surface area (Å²) in [6.45, 7) is 3.65. The molecule has 0 amide bonds. The number of esters is 2. The molecule has 59 heavy (non-hydrogen) atoms. The molecule has 3 N–H and O–H groups in total. The molecule has 0 aliphatic heterocycles. The molecule has 9 nitrogen and oxygen atoms in total. The van der Waals surface area contributed by atoms with E-state index >= 15 is 0 Å². The Balaban J connectivity index is 4.04. The van der Waals surface area contributed by atoms with Crippen LogP contribution in [0.25, 0.3) is 0 Å². The summed E-state index contributed by atoms with van der Waals surface area (Å²) in [4.78, 5) is 35.0. The van der Waals surface area contributed by atoms with Gasteiger partial charge in [-0.15, -0.1) is 0 Å². The van der Waals surface area contributed by atoms with Crippen LogP contribution in [0.2, 0.25) is 0 Å². The third-order valence-corrected chi connectivity index (χ3v) is 11.5. The second-order valence-corrected chi connectivity index (χ2v) is 17.8. The normalized spacial score (nSPS) is 13.5. The molecule has 0 aliphatic rings. The molecule has 0 saturated carbocycles. The number of hydrogen-bond donors (Lipinski definition) is 2. The number of phosphoric acid groups is 1. The Bertz CT molecular complexity index is 1060. The first-order valence-electron chi connectivity index (χ1n) is 24.5. The van der Waals surface area contributed by atoms with Crippen LogP contribution in [0.1, 0.15) is 232 Å². The van der Waals surface area contributed by atoms with E-state index in [1.807, 2.05) is 0 Å². The molecule has 0 radical (unpaired) electrons. The van der Waals surface area contributed by atoms with E-state index < -0.39 is 26.5 Å². The molecule has 2 unspecified atom stereocenters. The smallest absolute Gasteiger partial charge is 0.462 e. The largest absolute Gasteiger partial charge is 0.472 e. The summed E-state index contributed by atoms with van der Waals surface area (Å²) in [6.07, 6.45) is 51.8. The molecule has 0 aliphatic carbocycles. The molecular formula is C49H92NO8P. The number of carbonyl (C=O) groups excluding carboxylic acids is 2. The van der Waals surface area contributed by atoms with Crippen molar-refractivity contribution in [2.24, 2.45) is 5.73 Å². The lowest BCUT2D eigenvalue weighted by Crippen LogP contribution is -2.29. The maximum atomic E-state index is 12.6. The lowest BCUT2D eigenvalue weighted by molar-refractivity contribution is -0.161. The van der Waals surface area contributed by atoms with Crippen molar-refractivity contribution >= 4 is 19.8 Å². The highest BCUT2D eigenvalue weighted by Crippen LogP contribution is 2.43. The van der Waals surface area contributed by atoms with Crippen LogP contribution in [0.3, 0.4) is 0 Å². The van der Waals surface area contributed by atoms with Crippen LogP contribution in [0, 0.1) is 0 Å². The summed E-state index contributed by atoms with van der Waals surface area (Å²) in [6, 6.07) is 0. The topological polar surface area (TPSA) is 134 Å². The second kappa shape index (κ2) is 45.7. The SMILES string of the molecule is CC/C=C\C/C=C\C/C=C\CCCCCCCCCC(=O)OC(COC(=O)CCCCCCCCCCCCCCCCCCCCCCC)COP(=O)(O)OCCN. The summed E-state index contributed by atoms with van der Waals surface area (Å²) in [5.74, 6) is -0.830. The highest BCUT2D eigenvalue weighted by Gasteiger charge is 2.26. The van der Waals surface area contributed by atoms with Crippen molar-refractivity contribution in [3.63, 3.8) is 0 Å². The highest BCUT2D eigenvalue weighted by molar-refractivity contribution is 7.47. The summed E-state index contributed by atoms with van der Waals surface area (Å²) in [7, 11) is -4.38. The van der Waals surface area contributed by atoms with Gasteiger partial charge in [0.1, 0.15) is 6.61 Å². The van der Waals surface area contributed by atoms with E-state index in [2.05, 4.69) is 50.3 Å². The molecule has 0 fully saturated rings. The van der Waals surface area contributed by atoms with Crippen molar-refractivity contribution in [2.45, 2.75) is 238 Å². The zero-order valence-corrected chi connectivity index (χ0v) is 39.1. The van der Waals surface area contributed by atoms with E-state index in [9.17, 15) is 19.0 Å². The van der Waals surface area contributed by atoms with E-state index in [-0.39, 0.29) is 38.6 Å². The van der Waals surface area contributed by atoms with Gasteiger partial charge in [0.2, 0.25) is 0 Å². The van der Waals surface area contributed by atoms with Crippen LogP contribution < -0.4 is 5.73 Å².